The third kappa shape index (κ3) is 2.16. The van der Waals surface area contributed by atoms with Crippen molar-refractivity contribution in [3.63, 3.8) is 0 Å². The van der Waals surface area contributed by atoms with Gasteiger partial charge < -0.3 is 4.57 Å². The summed E-state index contributed by atoms with van der Waals surface area (Å²) in [5, 5.41) is 0. The summed E-state index contributed by atoms with van der Waals surface area (Å²) >= 11 is 3.03. The summed E-state index contributed by atoms with van der Waals surface area (Å²) < 4.78 is 29.6. The first kappa shape index (κ1) is 13.1. The summed E-state index contributed by atoms with van der Waals surface area (Å²) in [5.74, 6) is 4.06. The average molecular weight is 317 g/mol. The summed E-state index contributed by atoms with van der Waals surface area (Å²) in [6.45, 7) is 0. The number of hydrogen-bond acceptors (Lipinski definition) is 3. The van der Waals surface area contributed by atoms with Gasteiger partial charge in [0.2, 0.25) is 0 Å². The van der Waals surface area contributed by atoms with Crippen molar-refractivity contribution in [1.29, 1.82) is 0 Å². The number of aromatic nitrogens is 2. The maximum absolute atomic E-state index is 14.0. The topological polar surface area (TPSA) is 55.9 Å². The third-order valence-electron chi connectivity index (χ3n) is 2.68. The van der Waals surface area contributed by atoms with E-state index in [1.807, 2.05) is 0 Å². The van der Waals surface area contributed by atoms with Crippen LogP contribution in [0, 0.1) is 11.6 Å². The van der Waals surface area contributed by atoms with Crippen LogP contribution in [0.3, 0.4) is 0 Å². The largest absolute Gasteiger partial charge is 0.336 e. The summed E-state index contributed by atoms with van der Waals surface area (Å²) in [7, 11) is 1.72. The smallest absolute Gasteiger partial charge is 0.145 e. The Morgan fingerprint density at radius 3 is 2.72 bits per heavy atom. The Labute approximate surface area is 111 Å². The molecule has 4 nitrogen and oxygen atoms in total. The van der Waals surface area contributed by atoms with Gasteiger partial charge in [0.1, 0.15) is 11.6 Å². The van der Waals surface area contributed by atoms with Gasteiger partial charge in [-0.15, -0.1) is 0 Å². The standard InChI is InChI=1S/C11H11BrF2N4/c1-18-5-16-4-8(18)11(17-15)9-7(13)3-2-6(12)10(9)14/h2-5,11,17H,15H2,1H3. The first-order valence-electron chi connectivity index (χ1n) is 5.12. The van der Waals surface area contributed by atoms with Crippen LogP contribution < -0.4 is 11.3 Å². The van der Waals surface area contributed by atoms with Crippen molar-refractivity contribution in [2.75, 3.05) is 0 Å². The fourth-order valence-electron chi connectivity index (χ4n) is 1.77. The number of hydrogen-bond donors (Lipinski definition) is 2. The summed E-state index contributed by atoms with van der Waals surface area (Å²) in [6, 6.07) is 1.68. The van der Waals surface area contributed by atoms with E-state index >= 15 is 0 Å². The molecule has 0 saturated heterocycles. The number of nitrogens with zero attached hydrogens (tertiary/aromatic N) is 2. The summed E-state index contributed by atoms with van der Waals surface area (Å²) in [6.07, 6.45) is 3.04. The van der Waals surface area contributed by atoms with Crippen LogP contribution in [0.25, 0.3) is 0 Å². The monoisotopic (exact) mass is 316 g/mol. The van der Waals surface area contributed by atoms with Crippen LogP contribution in [-0.2, 0) is 7.05 Å². The molecule has 0 amide bonds. The maximum Gasteiger partial charge on any atom is 0.145 e. The van der Waals surface area contributed by atoms with Crippen LogP contribution in [0.2, 0.25) is 0 Å². The molecule has 0 radical (unpaired) electrons. The predicted molar refractivity (Wildman–Crippen MR) is 66.4 cm³/mol. The van der Waals surface area contributed by atoms with E-state index < -0.39 is 17.7 Å². The molecule has 1 atom stereocenters. The zero-order valence-corrected chi connectivity index (χ0v) is 11.1. The molecule has 1 aromatic heterocycles. The van der Waals surface area contributed by atoms with Crippen molar-refractivity contribution in [2.45, 2.75) is 6.04 Å². The lowest BCUT2D eigenvalue weighted by Crippen LogP contribution is -2.31. The van der Waals surface area contributed by atoms with Crippen LogP contribution in [0.5, 0.6) is 0 Å². The molecule has 0 aliphatic carbocycles. The van der Waals surface area contributed by atoms with E-state index in [-0.39, 0.29) is 10.0 Å². The number of halogens is 3. The molecule has 1 heterocycles. The number of imidazole rings is 1. The quantitative estimate of drug-likeness (QED) is 0.517. The Morgan fingerprint density at radius 1 is 1.44 bits per heavy atom. The van der Waals surface area contributed by atoms with Crippen molar-refractivity contribution < 1.29 is 8.78 Å². The van der Waals surface area contributed by atoms with Gasteiger partial charge in [0.15, 0.2) is 0 Å². The van der Waals surface area contributed by atoms with Gasteiger partial charge in [0.05, 0.1) is 28.7 Å². The fraction of sp³-hybridized carbons (Fsp3) is 0.182. The highest BCUT2D eigenvalue weighted by atomic mass is 79.9. The summed E-state index contributed by atoms with van der Waals surface area (Å²) in [4.78, 5) is 3.91. The first-order chi connectivity index (χ1) is 8.56. The lowest BCUT2D eigenvalue weighted by molar-refractivity contribution is 0.496. The van der Waals surface area contributed by atoms with Crippen LogP contribution >= 0.6 is 15.9 Å². The number of nitrogens with one attached hydrogen (secondary N) is 1. The van der Waals surface area contributed by atoms with Crippen molar-refractivity contribution in [3.8, 4) is 0 Å². The number of benzene rings is 1. The van der Waals surface area contributed by atoms with E-state index in [0.29, 0.717) is 5.69 Å². The van der Waals surface area contributed by atoms with E-state index in [2.05, 4.69) is 26.3 Å². The van der Waals surface area contributed by atoms with Crippen molar-refractivity contribution >= 4 is 15.9 Å². The van der Waals surface area contributed by atoms with Gasteiger partial charge in [-0.2, -0.15) is 0 Å². The maximum atomic E-state index is 14.0. The normalized spacial score (nSPS) is 12.7. The molecule has 0 fully saturated rings. The number of hydrazine groups is 1. The molecular weight excluding hydrogens is 306 g/mol. The molecule has 1 aromatic carbocycles. The second-order valence-corrected chi connectivity index (χ2v) is 4.64. The van der Waals surface area contributed by atoms with E-state index in [1.165, 1.54) is 24.7 Å². The summed E-state index contributed by atoms with van der Waals surface area (Å²) in [5.41, 5.74) is 2.83. The van der Waals surface area contributed by atoms with Crippen LogP contribution in [-0.4, -0.2) is 9.55 Å². The Bertz CT molecular complexity index is 570. The van der Waals surface area contributed by atoms with Crippen molar-refractivity contribution in [1.82, 2.24) is 15.0 Å². The zero-order valence-electron chi connectivity index (χ0n) is 9.49. The van der Waals surface area contributed by atoms with Crippen LogP contribution in [0.15, 0.2) is 29.1 Å². The molecule has 0 aliphatic rings. The molecule has 0 spiro atoms. The molecule has 18 heavy (non-hydrogen) atoms. The minimum absolute atomic E-state index is 0.143. The molecule has 1 unspecified atom stereocenters. The van der Waals surface area contributed by atoms with Gasteiger partial charge in [0, 0.05) is 12.6 Å². The SMILES string of the molecule is Cn1cncc1C(NN)c1c(F)ccc(Br)c1F. The molecule has 0 saturated carbocycles. The Balaban J connectivity index is 2.59. The molecule has 96 valence electrons. The Hall–Kier alpha value is -1.31. The number of nitrogens with two attached hydrogens (primary N) is 1. The van der Waals surface area contributed by atoms with Crippen LogP contribution in [0.1, 0.15) is 17.3 Å². The second kappa shape index (κ2) is 5.13. The molecule has 0 bridgehead atoms. The number of aryl methyl sites for hydroxylation is 1. The van der Waals surface area contributed by atoms with Crippen LogP contribution in [0.4, 0.5) is 8.78 Å². The minimum Gasteiger partial charge on any atom is -0.336 e. The van der Waals surface area contributed by atoms with E-state index in [0.717, 1.165) is 0 Å². The lowest BCUT2D eigenvalue weighted by atomic mass is 10.0. The minimum atomic E-state index is -0.810. The molecular formula is C11H11BrF2N4. The zero-order chi connectivity index (χ0) is 13.3. The van der Waals surface area contributed by atoms with Crippen molar-refractivity contribution in [3.05, 3.63) is 52.0 Å². The molecule has 2 rings (SSSR count). The van der Waals surface area contributed by atoms with Gasteiger partial charge in [0.25, 0.3) is 0 Å². The Kier molecular flexibility index (Phi) is 3.74. The molecule has 2 aromatic rings. The van der Waals surface area contributed by atoms with E-state index in [4.69, 9.17) is 5.84 Å². The lowest BCUT2D eigenvalue weighted by Gasteiger charge is -2.18. The molecule has 7 heteroatoms. The van der Waals surface area contributed by atoms with E-state index in [1.54, 1.807) is 11.6 Å². The van der Waals surface area contributed by atoms with Gasteiger partial charge >= 0.3 is 0 Å². The predicted octanol–water partition coefficient (Wildman–Crippen LogP) is 2.01. The Morgan fingerprint density at radius 2 is 2.17 bits per heavy atom. The fourth-order valence-corrected chi connectivity index (χ4v) is 2.12. The van der Waals surface area contributed by atoms with Gasteiger partial charge in [-0.25, -0.2) is 19.2 Å². The highest BCUT2D eigenvalue weighted by molar-refractivity contribution is 9.10. The third-order valence-corrected chi connectivity index (χ3v) is 3.30. The van der Waals surface area contributed by atoms with Gasteiger partial charge in [-0.3, -0.25) is 5.84 Å². The van der Waals surface area contributed by atoms with Gasteiger partial charge in [-0.1, -0.05) is 0 Å². The highest BCUT2D eigenvalue weighted by Gasteiger charge is 2.24. The number of rotatable bonds is 3. The average Bonchev–Trinajstić information content (AvgIpc) is 2.76. The molecule has 3 N–H and O–H groups in total. The second-order valence-electron chi connectivity index (χ2n) is 3.79. The highest BCUT2D eigenvalue weighted by Crippen LogP contribution is 2.29. The van der Waals surface area contributed by atoms with Crippen molar-refractivity contribution in [2.24, 2.45) is 12.9 Å². The van der Waals surface area contributed by atoms with E-state index in [9.17, 15) is 8.78 Å². The first-order valence-corrected chi connectivity index (χ1v) is 5.91. The molecule has 0 aliphatic heterocycles. The van der Waals surface area contributed by atoms with Gasteiger partial charge in [-0.05, 0) is 28.1 Å².